The molecule has 2 aromatic carbocycles. The second-order valence-electron chi connectivity index (χ2n) is 6.34. The van der Waals surface area contributed by atoms with E-state index in [0.717, 1.165) is 16.2 Å². The van der Waals surface area contributed by atoms with Crippen LogP contribution in [-0.2, 0) is 11.3 Å². The molecule has 4 rings (SSSR count). The molecule has 0 radical (unpaired) electrons. The Kier molecular flexibility index (Phi) is 5.83. The number of aromatic nitrogens is 2. The third-order valence-electron chi connectivity index (χ3n) is 4.41. The molecule has 144 valence electrons. The predicted octanol–water partition coefficient (Wildman–Crippen LogP) is 6.56. The number of thioether (sulfide) groups is 1. The molecule has 0 amide bonds. The van der Waals surface area contributed by atoms with E-state index in [0.29, 0.717) is 28.8 Å². The molecule has 0 spiro atoms. The summed E-state index contributed by atoms with van der Waals surface area (Å²) in [5.41, 5.74) is 2.93. The number of carboxylic acid groups (broad SMARTS) is 1. The first-order valence-corrected chi connectivity index (χ1v) is 11.3. The van der Waals surface area contributed by atoms with Gasteiger partial charge in [0, 0.05) is 16.9 Å². The number of halogens is 2. The van der Waals surface area contributed by atoms with Gasteiger partial charge in [-0.2, -0.15) is 0 Å². The highest BCUT2D eigenvalue weighted by atomic mass is 35.5. The fourth-order valence-corrected chi connectivity index (χ4v) is 5.30. The van der Waals surface area contributed by atoms with Gasteiger partial charge in [0.15, 0.2) is 5.16 Å². The maximum absolute atomic E-state index is 10.8. The Morgan fingerprint density at radius 3 is 2.82 bits per heavy atom. The molecule has 0 atom stereocenters. The maximum Gasteiger partial charge on any atom is 0.303 e. The van der Waals surface area contributed by atoms with Gasteiger partial charge in [-0.15, -0.1) is 11.3 Å². The van der Waals surface area contributed by atoms with Crippen molar-refractivity contribution in [3.05, 3.63) is 57.4 Å². The normalized spacial score (nSPS) is 11.5. The summed E-state index contributed by atoms with van der Waals surface area (Å²) < 4.78 is 3.39. The number of fused-ring (bicyclic) bond motifs is 2. The molecular formula is C20H16Cl2N2O2S2. The Labute approximate surface area is 180 Å². The zero-order chi connectivity index (χ0) is 19.7. The van der Waals surface area contributed by atoms with Crippen molar-refractivity contribution in [1.29, 1.82) is 0 Å². The van der Waals surface area contributed by atoms with E-state index < -0.39 is 5.97 Å². The van der Waals surface area contributed by atoms with Crippen molar-refractivity contribution < 1.29 is 9.90 Å². The van der Waals surface area contributed by atoms with Crippen LogP contribution in [0.3, 0.4) is 0 Å². The van der Waals surface area contributed by atoms with Crippen LogP contribution < -0.4 is 0 Å². The minimum atomic E-state index is -0.780. The Balaban J connectivity index is 1.72. The average Bonchev–Trinajstić information content (AvgIpc) is 3.22. The number of hydrogen-bond acceptors (Lipinski definition) is 4. The Hall–Kier alpha value is -1.73. The fraction of sp³-hybridized carbons (Fsp3) is 0.200. The number of imidazole rings is 1. The lowest BCUT2D eigenvalue weighted by Gasteiger charge is -2.09. The molecule has 4 nitrogen and oxygen atoms in total. The summed E-state index contributed by atoms with van der Waals surface area (Å²) in [6.07, 6.45) is 0.742. The number of benzene rings is 2. The molecule has 2 heterocycles. The molecule has 8 heteroatoms. The number of carbonyl (C=O) groups is 1. The largest absolute Gasteiger partial charge is 0.481 e. The van der Waals surface area contributed by atoms with E-state index in [-0.39, 0.29) is 6.42 Å². The minimum absolute atomic E-state index is 0.153. The number of nitrogens with zero attached hydrogens (tertiary/aromatic N) is 2. The summed E-state index contributed by atoms with van der Waals surface area (Å²) in [7, 11) is 0. The van der Waals surface area contributed by atoms with Crippen LogP contribution in [0.1, 0.15) is 18.4 Å². The molecule has 2 aromatic heterocycles. The van der Waals surface area contributed by atoms with Crippen molar-refractivity contribution >= 4 is 73.4 Å². The Morgan fingerprint density at radius 1 is 1.21 bits per heavy atom. The van der Waals surface area contributed by atoms with Crippen LogP contribution in [0.15, 0.2) is 46.9 Å². The van der Waals surface area contributed by atoms with Crippen LogP contribution in [0.5, 0.6) is 0 Å². The van der Waals surface area contributed by atoms with E-state index in [4.69, 9.17) is 33.3 Å². The van der Waals surface area contributed by atoms with E-state index >= 15 is 0 Å². The van der Waals surface area contributed by atoms with Gasteiger partial charge in [-0.3, -0.25) is 4.79 Å². The Bertz CT molecular complexity index is 1170. The van der Waals surface area contributed by atoms with Crippen LogP contribution in [0.4, 0.5) is 0 Å². The van der Waals surface area contributed by atoms with E-state index in [1.54, 1.807) is 29.2 Å². The first-order valence-electron chi connectivity index (χ1n) is 8.68. The van der Waals surface area contributed by atoms with Gasteiger partial charge < -0.3 is 9.67 Å². The highest BCUT2D eigenvalue weighted by Crippen LogP contribution is 2.33. The van der Waals surface area contributed by atoms with Crippen LogP contribution >= 0.6 is 46.3 Å². The lowest BCUT2D eigenvalue weighted by atomic mass is 10.2. The lowest BCUT2D eigenvalue weighted by Crippen LogP contribution is -2.02. The van der Waals surface area contributed by atoms with Gasteiger partial charge >= 0.3 is 5.97 Å². The van der Waals surface area contributed by atoms with Crippen LogP contribution in [0.25, 0.3) is 21.1 Å². The number of carboxylic acids is 1. The first-order chi connectivity index (χ1) is 13.5. The smallest absolute Gasteiger partial charge is 0.303 e. The van der Waals surface area contributed by atoms with Crippen molar-refractivity contribution in [2.45, 2.75) is 24.5 Å². The summed E-state index contributed by atoms with van der Waals surface area (Å²) >= 11 is 15.7. The monoisotopic (exact) mass is 450 g/mol. The second kappa shape index (κ2) is 8.33. The van der Waals surface area contributed by atoms with Crippen molar-refractivity contribution in [2.24, 2.45) is 0 Å². The molecule has 0 bridgehead atoms. The predicted molar refractivity (Wildman–Crippen MR) is 118 cm³/mol. The number of rotatable bonds is 7. The molecule has 0 fully saturated rings. The first kappa shape index (κ1) is 19.6. The van der Waals surface area contributed by atoms with E-state index in [1.807, 2.05) is 18.2 Å². The molecule has 4 aromatic rings. The summed E-state index contributed by atoms with van der Waals surface area (Å²) in [6.45, 7) is 0.666. The van der Waals surface area contributed by atoms with Gasteiger partial charge in [0.05, 0.1) is 27.6 Å². The standard InChI is InChI=1S/C20H16Cl2N2O2S2/c21-14-8-16-17(9-15(14)22)24(20(23-16)27-7-3-6-19(25)26)10-12-11-28-18-5-2-1-4-13(12)18/h1-2,4-5,8-9,11H,3,6-7,10H2,(H,25,26). The van der Waals surface area contributed by atoms with E-state index in [2.05, 4.69) is 22.1 Å². The molecule has 1 N–H and O–H groups in total. The summed E-state index contributed by atoms with van der Waals surface area (Å²) in [4.78, 5) is 15.5. The molecular weight excluding hydrogens is 435 g/mol. The third-order valence-corrected chi connectivity index (χ3v) is 7.21. The molecule has 0 aliphatic carbocycles. The van der Waals surface area contributed by atoms with Gasteiger partial charge in [0.2, 0.25) is 0 Å². The number of hydrogen-bond donors (Lipinski definition) is 1. The number of thiophene rings is 1. The van der Waals surface area contributed by atoms with Gasteiger partial charge in [-0.1, -0.05) is 53.2 Å². The molecule has 0 saturated heterocycles. The third kappa shape index (κ3) is 4.01. The summed E-state index contributed by atoms with van der Waals surface area (Å²) in [5, 5.41) is 14.1. The molecule has 28 heavy (non-hydrogen) atoms. The number of aliphatic carboxylic acids is 1. The van der Waals surface area contributed by atoms with Crippen molar-refractivity contribution in [3.8, 4) is 0 Å². The molecule has 0 aliphatic rings. The molecule has 0 saturated carbocycles. The van der Waals surface area contributed by atoms with Crippen LogP contribution in [0.2, 0.25) is 10.0 Å². The lowest BCUT2D eigenvalue weighted by molar-refractivity contribution is -0.137. The quantitative estimate of drug-likeness (QED) is 0.255. The topological polar surface area (TPSA) is 55.1 Å². The van der Waals surface area contributed by atoms with Crippen LogP contribution in [0, 0.1) is 0 Å². The van der Waals surface area contributed by atoms with Gasteiger partial charge in [0.1, 0.15) is 0 Å². The zero-order valence-electron chi connectivity index (χ0n) is 14.7. The average molecular weight is 451 g/mol. The van der Waals surface area contributed by atoms with E-state index in [1.165, 1.54) is 15.6 Å². The molecule has 0 aliphatic heterocycles. The zero-order valence-corrected chi connectivity index (χ0v) is 17.8. The van der Waals surface area contributed by atoms with Crippen LogP contribution in [-0.4, -0.2) is 26.4 Å². The maximum atomic E-state index is 10.8. The van der Waals surface area contributed by atoms with Crippen molar-refractivity contribution in [3.63, 3.8) is 0 Å². The second-order valence-corrected chi connectivity index (χ2v) is 9.13. The van der Waals surface area contributed by atoms with Gasteiger partial charge in [0.25, 0.3) is 0 Å². The van der Waals surface area contributed by atoms with Crippen molar-refractivity contribution in [1.82, 2.24) is 9.55 Å². The molecule has 0 unspecified atom stereocenters. The van der Waals surface area contributed by atoms with Gasteiger partial charge in [-0.25, -0.2) is 4.98 Å². The fourth-order valence-electron chi connectivity index (χ4n) is 3.07. The Morgan fingerprint density at radius 2 is 2.00 bits per heavy atom. The van der Waals surface area contributed by atoms with E-state index in [9.17, 15) is 4.79 Å². The summed E-state index contributed by atoms with van der Waals surface area (Å²) in [5.74, 6) is -0.0982. The van der Waals surface area contributed by atoms with Crippen molar-refractivity contribution in [2.75, 3.05) is 5.75 Å². The highest BCUT2D eigenvalue weighted by molar-refractivity contribution is 7.99. The summed E-state index contributed by atoms with van der Waals surface area (Å²) in [6, 6.07) is 12.0. The SMILES string of the molecule is O=C(O)CCCSc1nc2cc(Cl)c(Cl)cc2n1Cc1csc2ccccc12. The van der Waals surface area contributed by atoms with Gasteiger partial charge in [-0.05, 0) is 40.9 Å². The minimum Gasteiger partial charge on any atom is -0.481 e. The highest BCUT2D eigenvalue weighted by Gasteiger charge is 2.16.